The van der Waals surface area contributed by atoms with Crippen LogP contribution in [0.1, 0.15) is 18.5 Å². The largest absolute Gasteiger partial charge is 0.324 e. The molecule has 1 aromatic heterocycles. The second-order valence-corrected chi connectivity index (χ2v) is 5.54. The van der Waals surface area contributed by atoms with Gasteiger partial charge in [0.2, 0.25) is 0 Å². The van der Waals surface area contributed by atoms with Gasteiger partial charge in [0.15, 0.2) is 0 Å². The lowest BCUT2D eigenvalue weighted by Crippen LogP contribution is -2.04. The molecule has 88 valence electrons. The first-order valence-corrected chi connectivity index (χ1v) is 6.76. The Morgan fingerprint density at radius 1 is 1.35 bits per heavy atom. The zero-order valence-corrected chi connectivity index (χ0v) is 11.7. The van der Waals surface area contributed by atoms with Gasteiger partial charge >= 0.3 is 0 Å². The summed E-state index contributed by atoms with van der Waals surface area (Å²) in [6.07, 6.45) is 5.10. The highest BCUT2D eigenvalue weighted by Gasteiger charge is 2.06. The molecule has 0 aliphatic heterocycles. The molecule has 1 atom stereocenters. The van der Waals surface area contributed by atoms with Crippen LogP contribution in [0.25, 0.3) is 0 Å². The molecule has 5 heteroatoms. The van der Waals surface area contributed by atoms with E-state index in [1.807, 2.05) is 25.1 Å². The van der Waals surface area contributed by atoms with Crippen molar-refractivity contribution >= 4 is 27.7 Å². The molecule has 0 aliphatic rings. The number of rotatable bonds is 3. The van der Waals surface area contributed by atoms with Gasteiger partial charge in [0.25, 0.3) is 0 Å². The minimum absolute atomic E-state index is 0.0434. The van der Waals surface area contributed by atoms with Crippen LogP contribution in [-0.2, 0) is 0 Å². The van der Waals surface area contributed by atoms with Crippen LogP contribution >= 0.6 is 27.7 Å². The first kappa shape index (κ1) is 12.5. The van der Waals surface area contributed by atoms with Gasteiger partial charge in [-0.3, -0.25) is 4.98 Å². The van der Waals surface area contributed by atoms with Crippen LogP contribution in [0.5, 0.6) is 0 Å². The monoisotopic (exact) mass is 309 g/mol. The quantitative estimate of drug-likeness (QED) is 0.944. The molecule has 0 unspecified atom stereocenters. The van der Waals surface area contributed by atoms with Gasteiger partial charge in [-0.1, -0.05) is 17.8 Å². The summed E-state index contributed by atoms with van der Waals surface area (Å²) in [7, 11) is 0. The lowest BCUT2D eigenvalue weighted by Gasteiger charge is -2.09. The Labute approximate surface area is 113 Å². The number of nitrogens with zero attached hydrogens (tertiary/aromatic N) is 2. The Bertz CT molecular complexity index is 502. The average Bonchev–Trinajstić information content (AvgIpc) is 2.33. The highest BCUT2D eigenvalue weighted by atomic mass is 79.9. The van der Waals surface area contributed by atoms with E-state index >= 15 is 0 Å². The molecule has 1 aromatic carbocycles. The van der Waals surface area contributed by atoms with Crippen molar-refractivity contribution in [3.8, 4) is 0 Å². The summed E-state index contributed by atoms with van der Waals surface area (Å²) in [6.45, 7) is 1.97. The lowest BCUT2D eigenvalue weighted by atomic mass is 10.1. The molecule has 2 aromatic rings. The highest BCUT2D eigenvalue weighted by Crippen LogP contribution is 2.33. The van der Waals surface area contributed by atoms with E-state index in [1.54, 1.807) is 30.4 Å². The van der Waals surface area contributed by atoms with E-state index in [1.165, 1.54) is 0 Å². The molecule has 0 fully saturated rings. The van der Waals surface area contributed by atoms with Gasteiger partial charge in [-0.05, 0) is 40.5 Å². The number of benzene rings is 1. The molecule has 0 amide bonds. The van der Waals surface area contributed by atoms with Gasteiger partial charge in [0.05, 0.1) is 6.20 Å². The topological polar surface area (TPSA) is 51.8 Å². The lowest BCUT2D eigenvalue weighted by molar-refractivity contribution is 0.815. The summed E-state index contributed by atoms with van der Waals surface area (Å²) >= 11 is 5.12. The summed E-state index contributed by atoms with van der Waals surface area (Å²) in [5.41, 5.74) is 6.95. The fourth-order valence-electron chi connectivity index (χ4n) is 1.33. The summed E-state index contributed by atoms with van der Waals surface area (Å²) in [6, 6.07) is 6.17. The van der Waals surface area contributed by atoms with Crippen molar-refractivity contribution in [3.63, 3.8) is 0 Å². The van der Waals surface area contributed by atoms with Gasteiger partial charge in [-0.2, -0.15) is 0 Å². The van der Waals surface area contributed by atoms with Crippen molar-refractivity contribution in [2.75, 3.05) is 0 Å². The van der Waals surface area contributed by atoms with Crippen LogP contribution in [0.3, 0.4) is 0 Å². The standard InChI is InChI=1S/C12H12BrN3S/c1-8(14)9-2-3-11(10(13)6-9)17-12-7-15-4-5-16-12/h2-8H,14H2,1H3/t8-/m0/s1. The molecule has 1 heterocycles. The second-order valence-electron chi connectivity index (χ2n) is 3.62. The second kappa shape index (κ2) is 5.62. The summed E-state index contributed by atoms with van der Waals surface area (Å²) < 4.78 is 1.03. The van der Waals surface area contributed by atoms with Gasteiger partial charge in [-0.25, -0.2) is 4.98 Å². The Balaban J connectivity index is 2.23. The molecule has 0 aliphatic carbocycles. The van der Waals surface area contributed by atoms with E-state index in [0.717, 1.165) is 20.0 Å². The predicted octanol–water partition coefficient (Wildman–Crippen LogP) is 3.41. The van der Waals surface area contributed by atoms with Crippen molar-refractivity contribution < 1.29 is 0 Å². The zero-order valence-electron chi connectivity index (χ0n) is 9.30. The number of nitrogens with two attached hydrogens (primary N) is 1. The smallest absolute Gasteiger partial charge is 0.119 e. The summed E-state index contributed by atoms with van der Waals surface area (Å²) in [5, 5.41) is 0.877. The van der Waals surface area contributed by atoms with E-state index in [4.69, 9.17) is 5.73 Å². The van der Waals surface area contributed by atoms with Gasteiger partial charge in [0, 0.05) is 27.8 Å². The van der Waals surface area contributed by atoms with E-state index < -0.39 is 0 Å². The first-order chi connectivity index (χ1) is 8.16. The van der Waals surface area contributed by atoms with Crippen molar-refractivity contribution in [2.45, 2.75) is 22.9 Å². The zero-order chi connectivity index (χ0) is 12.3. The van der Waals surface area contributed by atoms with Gasteiger partial charge in [0.1, 0.15) is 5.03 Å². The van der Waals surface area contributed by atoms with E-state index in [-0.39, 0.29) is 6.04 Å². The van der Waals surface area contributed by atoms with Crippen molar-refractivity contribution in [1.82, 2.24) is 9.97 Å². The highest BCUT2D eigenvalue weighted by molar-refractivity contribution is 9.10. The van der Waals surface area contributed by atoms with Gasteiger partial charge in [-0.15, -0.1) is 0 Å². The molecule has 0 bridgehead atoms. The Morgan fingerprint density at radius 3 is 2.76 bits per heavy atom. The SMILES string of the molecule is C[C@H](N)c1ccc(Sc2cnccn2)c(Br)c1. The third kappa shape index (κ3) is 3.28. The van der Waals surface area contributed by atoms with Crippen LogP contribution in [0.4, 0.5) is 0 Å². The minimum Gasteiger partial charge on any atom is -0.324 e. The van der Waals surface area contributed by atoms with Crippen molar-refractivity contribution in [2.24, 2.45) is 5.73 Å². The van der Waals surface area contributed by atoms with E-state index in [9.17, 15) is 0 Å². The number of halogens is 1. The molecule has 2 rings (SSSR count). The molecule has 0 radical (unpaired) electrons. The maximum atomic E-state index is 5.84. The minimum atomic E-state index is 0.0434. The molecule has 0 saturated heterocycles. The van der Waals surface area contributed by atoms with Crippen molar-refractivity contribution in [3.05, 3.63) is 46.8 Å². The molecular formula is C12H12BrN3S. The summed E-state index contributed by atoms with van der Waals surface area (Å²) in [5.74, 6) is 0. The number of hydrogen-bond donors (Lipinski definition) is 1. The molecule has 2 N–H and O–H groups in total. The first-order valence-electron chi connectivity index (χ1n) is 5.15. The molecule has 17 heavy (non-hydrogen) atoms. The number of hydrogen-bond acceptors (Lipinski definition) is 4. The third-order valence-electron chi connectivity index (χ3n) is 2.24. The van der Waals surface area contributed by atoms with Crippen LogP contribution < -0.4 is 5.73 Å². The fourth-order valence-corrected chi connectivity index (χ4v) is 2.72. The molecule has 3 nitrogen and oxygen atoms in total. The Hall–Kier alpha value is -0.910. The summed E-state index contributed by atoms with van der Waals surface area (Å²) in [4.78, 5) is 9.37. The third-order valence-corrected chi connectivity index (χ3v) is 4.15. The number of aromatic nitrogens is 2. The molecule has 0 saturated carbocycles. The molecule has 0 spiro atoms. The fraction of sp³-hybridized carbons (Fsp3) is 0.167. The maximum absolute atomic E-state index is 5.84. The average molecular weight is 310 g/mol. The van der Waals surface area contributed by atoms with Crippen LogP contribution in [-0.4, -0.2) is 9.97 Å². The van der Waals surface area contributed by atoms with Crippen LogP contribution in [0.2, 0.25) is 0 Å². The van der Waals surface area contributed by atoms with E-state index in [2.05, 4.69) is 25.9 Å². The molecular weight excluding hydrogens is 298 g/mol. The van der Waals surface area contributed by atoms with Crippen molar-refractivity contribution in [1.29, 1.82) is 0 Å². The van der Waals surface area contributed by atoms with Gasteiger partial charge < -0.3 is 5.73 Å². The Kier molecular flexibility index (Phi) is 4.15. The van der Waals surface area contributed by atoms with E-state index in [0.29, 0.717) is 0 Å². The van der Waals surface area contributed by atoms with Crippen LogP contribution in [0, 0.1) is 0 Å². The normalized spacial score (nSPS) is 12.4. The predicted molar refractivity (Wildman–Crippen MR) is 72.9 cm³/mol. The van der Waals surface area contributed by atoms with Crippen LogP contribution in [0.15, 0.2) is 51.2 Å². The maximum Gasteiger partial charge on any atom is 0.119 e. The Morgan fingerprint density at radius 2 is 2.18 bits per heavy atom.